The van der Waals surface area contributed by atoms with Crippen molar-refractivity contribution in [3.05, 3.63) is 30.4 Å². The predicted octanol–water partition coefficient (Wildman–Crippen LogP) is 1.93. The van der Waals surface area contributed by atoms with Gasteiger partial charge in [-0.25, -0.2) is 9.78 Å². The Bertz CT molecular complexity index is 1080. The van der Waals surface area contributed by atoms with E-state index in [9.17, 15) is 9.59 Å². The van der Waals surface area contributed by atoms with Gasteiger partial charge < -0.3 is 30.5 Å². The molecule has 1 aliphatic rings. The zero-order chi connectivity index (χ0) is 25.0. The number of aliphatic hydroxyl groups excluding tert-OH is 1. The minimum absolute atomic E-state index is 0.0690. The molecule has 0 spiro atoms. The Morgan fingerprint density at radius 3 is 2.68 bits per heavy atom. The summed E-state index contributed by atoms with van der Waals surface area (Å²) < 4.78 is 13.1. The number of carbonyl (C=O) groups is 2. The highest BCUT2D eigenvalue weighted by Gasteiger charge is 2.32. The van der Waals surface area contributed by atoms with Crippen LogP contribution in [0.3, 0.4) is 0 Å². The molecule has 2 aromatic rings. The lowest BCUT2D eigenvalue weighted by molar-refractivity contribution is 0.0274. The van der Waals surface area contributed by atoms with Crippen molar-refractivity contribution in [2.24, 2.45) is 5.73 Å². The summed E-state index contributed by atoms with van der Waals surface area (Å²) in [6.45, 7) is 12.1. The monoisotopic (exact) mass is 473 g/mol. The van der Waals surface area contributed by atoms with Crippen molar-refractivity contribution < 1.29 is 24.2 Å². The molecule has 0 aromatic carbocycles. The van der Waals surface area contributed by atoms with E-state index >= 15 is 0 Å². The molecular formula is C22H31N7O5. The van der Waals surface area contributed by atoms with E-state index in [1.54, 1.807) is 18.0 Å². The molecule has 1 fully saturated rings. The number of nitrogens with zero attached hydrogens (tertiary/aromatic N) is 5. The third-order valence-corrected chi connectivity index (χ3v) is 4.80. The zero-order valence-corrected chi connectivity index (χ0v) is 19.9. The van der Waals surface area contributed by atoms with E-state index in [0.717, 1.165) is 0 Å². The smallest absolute Gasteiger partial charge is 0.410 e. The Labute approximate surface area is 197 Å². The molecular weight excluding hydrogens is 442 g/mol. The highest BCUT2D eigenvalue weighted by Crippen LogP contribution is 2.29. The zero-order valence-electron chi connectivity index (χ0n) is 19.9. The molecule has 0 radical (unpaired) electrons. The molecule has 3 rings (SSSR count). The van der Waals surface area contributed by atoms with Crippen molar-refractivity contribution in [2.75, 3.05) is 25.0 Å². The average Bonchev–Trinajstić information content (AvgIpc) is 3.36. The van der Waals surface area contributed by atoms with Crippen LogP contribution in [0.4, 0.5) is 16.3 Å². The van der Waals surface area contributed by atoms with E-state index in [2.05, 4.69) is 27.0 Å². The summed E-state index contributed by atoms with van der Waals surface area (Å²) in [6.07, 6.45) is 2.98. The molecule has 4 N–H and O–H groups in total. The summed E-state index contributed by atoms with van der Waals surface area (Å²) in [5.74, 6) is -0.513. The molecule has 0 unspecified atom stereocenters. The fourth-order valence-electron chi connectivity index (χ4n) is 3.30. The minimum Gasteiger partial charge on any atom is -0.471 e. The van der Waals surface area contributed by atoms with Crippen molar-refractivity contribution in [1.29, 1.82) is 0 Å². The summed E-state index contributed by atoms with van der Waals surface area (Å²) in [5.41, 5.74) is 6.23. The van der Waals surface area contributed by atoms with Gasteiger partial charge in [0.05, 0.1) is 31.6 Å². The third-order valence-electron chi connectivity index (χ3n) is 4.80. The van der Waals surface area contributed by atoms with Crippen LogP contribution in [0.25, 0.3) is 5.57 Å². The lowest BCUT2D eigenvalue weighted by Crippen LogP contribution is -2.36. The first-order valence-electron chi connectivity index (χ1n) is 10.9. The van der Waals surface area contributed by atoms with Crippen molar-refractivity contribution in [3.8, 4) is 5.88 Å². The first-order valence-corrected chi connectivity index (χ1v) is 10.9. The maximum Gasteiger partial charge on any atom is 0.410 e. The number of hydrogen-bond acceptors (Lipinski definition) is 9. The molecule has 0 saturated carbocycles. The number of nitrogens with one attached hydrogen (secondary N) is 1. The molecule has 2 amide bonds. The van der Waals surface area contributed by atoms with Crippen LogP contribution in [0, 0.1) is 0 Å². The maximum absolute atomic E-state index is 12.4. The Balaban J connectivity index is 1.84. The number of amides is 2. The van der Waals surface area contributed by atoms with Gasteiger partial charge in [-0.2, -0.15) is 10.1 Å². The standard InChI is InChI=1S/C22H31N7O5/c1-13(2)16-20(33-15-6-7-28(12-15)21(32)34-22(3,4)5)27-19(17(26-16)18(23)31)25-14-10-24-29(11-14)8-9-30/h10-11,15,30H,1,6-9,12H2,2-5H3,(H2,23,31)(H,25,27)/t15-/m1/s1. The number of ether oxygens (including phenoxy) is 2. The third kappa shape index (κ3) is 6.22. The maximum atomic E-state index is 12.4. The van der Waals surface area contributed by atoms with Gasteiger partial charge in [0.15, 0.2) is 11.5 Å². The molecule has 1 saturated heterocycles. The van der Waals surface area contributed by atoms with E-state index in [4.69, 9.17) is 20.3 Å². The van der Waals surface area contributed by atoms with Crippen molar-refractivity contribution in [2.45, 2.75) is 52.4 Å². The Morgan fingerprint density at radius 2 is 2.06 bits per heavy atom. The van der Waals surface area contributed by atoms with Gasteiger partial charge in [0.25, 0.3) is 5.91 Å². The van der Waals surface area contributed by atoms with Gasteiger partial charge in [-0.05, 0) is 33.3 Å². The van der Waals surface area contributed by atoms with Gasteiger partial charge in [-0.3, -0.25) is 9.48 Å². The quantitative estimate of drug-likeness (QED) is 0.521. The molecule has 12 heteroatoms. The van der Waals surface area contributed by atoms with Crippen LogP contribution in [-0.4, -0.2) is 73.2 Å². The molecule has 0 bridgehead atoms. The molecule has 34 heavy (non-hydrogen) atoms. The van der Waals surface area contributed by atoms with E-state index in [-0.39, 0.29) is 30.1 Å². The summed E-state index contributed by atoms with van der Waals surface area (Å²) in [7, 11) is 0. The SMILES string of the molecule is C=C(C)c1nc(C(N)=O)c(Nc2cnn(CCO)c2)nc1O[C@@H]1CCN(C(=O)OC(C)(C)C)C1. The van der Waals surface area contributed by atoms with Gasteiger partial charge in [0.2, 0.25) is 5.88 Å². The van der Waals surface area contributed by atoms with E-state index in [0.29, 0.717) is 43.0 Å². The number of aliphatic hydroxyl groups is 1. The van der Waals surface area contributed by atoms with Gasteiger partial charge >= 0.3 is 6.09 Å². The van der Waals surface area contributed by atoms with Crippen molar-refractivity contribution in [3.63, 3.8) is 0 Å². The summed E-state index contributed by atoms with van der Waals surface area (Å²) >= 11 is 0. The van der Waals surface area contributed by atoms with Crippen LogP contribution in [0.2, 0.25) is 0 Å². The Kier molecular flexibility index (Phi) is 7.40. The number of nitrogens with two attached hydrogens (primary N) is 1. The van der Waals surface area contributed by atoms with Crippen LogP contribution in [0.5, 0.6) is 5.88 Å². The van der Waals surface area contributed by atoms with Gasteiger partial charge in [0, 0.05) is 19.2 Å². The number of allylic oxidation sites excluding steroid dienone is 1. The minimum atomic E-state index is -0.774. The fraction of sp³-hybridized carbons (Fsp3) is 0.500. The number of rotatable bonds is 8. The number of primary amides is 1. The number of likely N-dealkylation sites (tertiary alicyclic amines) is 1. The van der Waals surface area contributed by atoms with Gasteiger partial charge in [-0.15, -0.1) is 0 Å². The van der Waals surface area contributed by atoms with Crippen molar-refractivity contribution in [1.82, 2.24) is 24.6 Å². The molecule has 12 nitrogen and oxygen atoms in total. The van der Waals surface area contributed by atoms with Crippen LogP contribution in [-0.2, 0) is 11.3 Å². The largest absolute Gasteiger partial charge is 0.471 e. The Hall–Kier alpha value is -3.67. The van der Waals surface area contributed by atoms with Gasteiger partial charge in [0.1, 0.15) is 17.4 Å². The first-order chi connectivity index (χ1) is 16.0. The van der Waals surface area contributed by atoms with E-state index < -0.39 is 17.6 Å². The molecule has 3 heterocycles. The molecule has 0 aliphatic carbocycles. The van der Waals surface area contributed by atoms with Crippen molar-refractivity contribution >= 4 is 29.1 Å². The van der Waals surface area contributed by atoms with Gasteiger partial charge in [-0.1, -0.05) is 6.58 Å². The highest BCUT2D eigenvalue weighted by atomic mass is 16.6. The van der Waals surface area contributed by atoms with E-state index in [1.807, 2.05) is 20.8 Å². The normalized spacial score (nSPS) is 15.8. The average molecular weight is 474 g/mol. The number of anilines is 2. The number of hydrogen-bond donors (Lipinski definition) is 3. The molecule has 1 atom stereocenters. The summed E-state index contributed by atoms with van der Waals surface area (Å²) in [4.78, 5) is 34.9. The molecule has 184 valence electrons. The van der Waals surface area contributed by atoms with Crippen LogP contribution in [0.15, 0.2) is 19.0 Å². The topological polar surface area (TPSA) is 158 Å². The van der Waals surface area contributed by atoms with Crippen LogP contribution < -0.4 is 15.8 Å². The lowest BCUT2D eigenvalue weighted by Gasteiger charge is -2.24. The highest BCUT2D eigenvalue weighted by molar-refractivity contribution is 5.96. The summed E-state index contributed by atoms with van der Waals surface area (Å²) in [6, 6.07) is 0. The predicted molar refractivity (Wildman–Crippen MR) is 125 cm³/mol. The molecule has 1 aliphatic heterocycles. The lowest BCUT2D eigenvalue weighted by atomic mass is 10.2. The van der Waals surface area contributed by atoms with E-state index in [1.165, 1.54) is 10.9 Å². The second-order valence-electron chi connectivity index (χ2n) is 9.01. The second kappa shape index (κ2) is 10.1. The van der Waals surface area contributed by atoms with Crippen LogP contribution in [0.1, 0.15) is 50.3 Å². The molecule has 2 aromatic heterocycles. The second-order valence-corrected chi connectivity index (χ2v) is 9.01. The summed E-state index contributed by atoms with van der Waals surface area (Å²) in [5, 5.41) is 16.2. The number of carbonyl (C=O) groups excluding carboxylic acids is 2. The fourth-order valence-corrected chi connectivity index (χ4v) is 3.30. The Morgan fingerprint density at radius 1 is 1.32 bits per heavy atom. The number of aromatic nitrogens is 4. The van der Waals surface area contributed by atoms with Crippen LogP contribution >= 0.6 is 0 Å². The first kappa shape index (κ1) is 25.0.